The second kappa shape index (κ2) is 6.54. The van der Waals surface area contributed by atoms with Crippen molar-refractivity contribution in [2.24, 2.45) is 0 Å². The van der Waals surface area contributed by atoms with Gasteiger partial charge in [0, 0.05) is 50.4 Å². The summed E-state index contributed by atoms with van der Waals surface area (Å²) in [7, 11) is 0. The fourth-order valence-corrected chi connectivity index (χ4v) is 3.32. The van der Waals surface area contributed by atoms with Crippen LogP contribution in [-0.4, -0.2) is 61.6 Å². The summed E-state index contributed by atoms with van der Waals surface area (Å²) in [6.45, 7) is 3.93. The van der Waals surface area contributed by atoms with E-state index >= 15 is 0 Å². The molecule has 0 spiro atoms. The third-order valence-electron chi connectivity index (χ3n) is 4.05. The fraction of sp³-hybridized carbons (Fsp3) is 0.333. The van der Waals surface area contributed by atoms with Crippen LogP contribution in [0.3, 0.4) is 0 Å². The zero-order chi connectivity index (χ0) is 16.4. The van der Waals surface area contributed by atoms with Crippen molar-refractivity contribution in [1.82, 2.24) is 29.4 Å². The average molecular weight is 343 g/mol. The molecule has 0 aromatic carbocycles. The van der Waals surface area contributed by atoms with Crippen LogP contribution < -0.4 is 5.32 Å². The van der Waals surface area contributed by atoms with Crippen LogP contribution in [0.15, 0.2) is 35.4 Å². The van der Waals surface area contributed by atoms with E-state index in [4.69, 9.17) is 0 Å². The molecule has 4 rings (SSSR count). The Morgan fingerprint density at radius 2 is 2.04 bits per heavy atom. The molecule has 9 heteroatoms. The van der Waals surface area contributed by atoms with Crippen LogP contribution >= 0.6 is 11.3 Å². The van der Waals surface area contributed by atoms with Gasteiger partial charge in [-0.3, -0.25) is 10.2 Å². The minimum atomic E-state index is -0.105. The molecule has 0 radical (unpaired) electrons. The van der Waals surface area contributed by atoms with E-state index in [9.17, 15) is 4.79 Å². The lowest BCUT2D eigenvalue weighted by Gasteiger charge is -2.34. The zero-order valence-corrected chi connectivity index (χ0v) is 13.8. The Kier molecular flexibility index (Phi) is 4.09. The number of hydrogen-bond donors (Lipinski definition) is 1. The van der Waals surface area contributed by atoms with Gasteiger partial charge in [-0.2, -0.15) is 9.61 Å². The monoisotopic (exact) mass is 343 g/mol. The molecule has 0 bridgehead atoms. The number of nitrogens with zero attached hydrogens (tertiary/aromatic N) is 6. The number of urea groups is 1. The predicted octanol–water partition coefficient (Wildman–Crippen LogP) is 1.54. The summed E-state index contributed by atoms with van der Waals surface area (Å²) < 4.78 is 1.62. The van der Waals surface area contributed by atoms with Crippen LogP contribution in [0.1, 0.15) is 5.69 Å². The van der Waals surface area contributed by atoms with Crippen molar-refractivity contribution < 1.29 is 4.79 Å². The Hall–Kier alpha value is -2.52. The molecule has 1 fully saturated rings. The van der Waals surface area contributed by atoms with E-state index in [2.05, 4.69) is 30.7 Å². The van der Waals surface area contributed by atoms with Crippen molar-refractivity contribution in [1.29, 1.82) is 0 Å². The van der Waals surface area contributed by atoms with Crippen molar-refractivity contribution in [3.63, 3.8) is 0 Å². The van der Waals surface area contributed by atoms with Gasteiger partial charge in [-0.25, -0.2) is 14.8 Å². The molecule has 0 atom stereocenters. The summed E-state index contributed by atoms with van der Waals surface area (Å²) in [6, 6.07) is 3.44. The Morgan fingerprint density at radius 1 is 1.17 bits per heavy atom. The van der Waals surface area contributed by atoms with Crippen LogP contribution in [0.2, 0.25) is 0 Å². The number of fused-ring (bicyclic) bond motifs is 1. The lowest BCUT2D eigenvalue weighted by Crippen LogP contribution is -2.49. The molecule has 124 valence electrons. The zero-order valence-electron chi connectivity index (χ0n) is 13.0. The number of carbonyl (C=O) groups is 1. The van der Waals surface area contributed by atoms with Gasteiger partial charge in [0.15, 0.2) is 5.65 Å². The molecule has 0 unspecified atom stereocenters. The van der Waals surface area contributed by atoms with Crippen molar-refractivity contribution >= 4 is 28.8 Å². The molecule has 2 amide bonds. The topological polar surface area (TPSA) is 78.7 Å². The van der Waals surface area contributed by atoms with Crippen LogP contribution in [0.5, 0.6) is 0 Å². The molecule has 1 aliphatic rings. The molecular formula is C15H17N7OS. The molecule has 3 aromatic rings. The summed E-state index contributed by atoms with van der Waals surface area (Å²) in [5, 5.41) is 9.16. The lowest BCUT2D eigenvalue weighted by molar-refractivity contribution is 0.142. The van der Waals surface area contributed by atoms with Crippen LogP contribution in [0.4, 0.5) is 10.6 Å². The number of carbonyl (C=O) groups excluding carboxylic acids is 1. The van der Waals surface area contributed by atoms with E-state index in [0.717, 1.165) is 25.3 Å². The van der Waals surface area contributed by atoms with Gasteiger partial charge in [-0.05, 0) is 6.07 Å². The number of thiazole rings is 1. The first-order chi connectivity index (χ1) is 11.8. The SMILES string of the molecule is O=C(Nc1ccnc2ccnn12)N1CCN(Cc2cscn2)CC1. The van der Waals surface area contributed by atoms with E-state index in [1.54, 1.807) is 40.4 Å². The number of rotatable bonds is 3. The maximum absolute atomic E-state index is 12.5. The molecule has 1 aliphatic heterocycles. The first-order valence-corrected chi connectivity index (χ1v) is 8.68. The summed E-state index contributed by atoms with van der Waals surface area (Å²) in [5.41, 5.74) is 3.65. The van der Waals surface area contributed by atoms with E-state index in [-0.39, 0.29) is 6.03 Å². The number of hydrogen-bond acceptors (Lipinski definition) is 6. The Bertz CT molecular complexity index is 823. The van der Waals surface area contributed by atoms with E-state index in [1.807, 2.05) is 10.4 Å². The first-order valence-electron chi connectivity index (χ1n) is 7.74. The second-order valence-corrected chi connectivity index (χ2v) is 6.32. The highest BCUT2D eigenvalue weighted by atomic mass is 32.1. The normalized spacial score (nSPS) is 15.8. The molecular weight excluding hydrogens is 326 g/mol. The largest absolute Gasteiger partial charge is 0.323 e. The first kappa shape index (κ1) is 15.0. The number of amides is 2. The van der Waals surface area contributed by atoms with Gasteiger partial charge in [-0.1, -0.05) is 0 Å². The third-order valence-corrected chi connectivity index (χ3v) is 4.69. The minimum Gasteiger partial charge on any atom is -0.322 e. The lowest BCUT2D eigenvalue weighted by atomic mass is 10.3. The van der Waals surface area contributed by atoms with Gasteiger partial charge in [-0.15, -0.1) is 11.3 Å². The molecule has 4 heterocycles. The smallest absolute Gasteiger partial charge is 0.322 e. The number of nitrogens with one attached hydrogen (secondary N) is 1. The minimum absolute atomic E-state index is 0.105. The summed E-state index contributed by atoms with van der Waals surface area (Å²) >= 11 is 1.61. The Labute approximate surface area is 142 Å². The highest BCUT2D eigenvalue weighted by Crippen LogP contribution is 2.12. The predicted molar refractivity (Wildman–Crippen MR) is 91.0 cm³/mol. The van der Waals surface area contributed by atoms with Crippen LogP contribution in [-0.2, 0) is 6.54 Å². The van der Waals surface area contributed by atoms with Crippen molar-refractivity contribution in [2.45, 2.75) is 6.54 Å². The summed E-state index contributed by atoms with van der Waals surface area (Å²) in [6.07, 6.45) is 3.33. The molecule has 0 aliphatic carbocycles. The van der Waals surface area contributed by atoms with Gasteiger partial charge in [0.1, 0.15) is 5.82 Å². The van der Waals surface area contributed by atoms with Gasteiger partial charge in [0.2, 0.25) is 0 Å². The number of aromatic nitrogens is 4. The fourth-order valence-electron chi connectivity index (χ4n) is 2.77. The van der Waals surface area contributed by atoms with Gasteiger partial charge in [0.25, 0.3) is 0 Å². The maximum atomic E-state index is 12.5. The van der Waals surface area contributed by atoms with Gasteiger partial charge < -0.3 is 4.90 Å². The number of anilines is 1. The maximum Gasteiger partial charge on any atom is 0.323 e. The molecule has 1 saturated heterocycles. The average Bonchev–Trinajstić information content (AvgIpc) is 3.27. The van der Waals surface area contributed by atoms with Gasteiger partial charge in [0.05, 0.1) is 17.4 Å². The Morgan fingerprint density at radius 3 is 2.83 bits per heavy atom. The second-order valence-electron chi connectivity index (χ2n) is 5.60. The third kappa shape index (κ3) is 3.08. The quantitative estimate of drug-likeness (QED) is 0.780. The molecule has 0 saturated carbocycles. The molecule has 3 aromatic heterocycles. The van der Waals surface area contributed by atoms with Crippen molar-refractivity contribution in [2.75, 3.05) is 31.5 Å². The Balaban J connectivity index is 1.35. The molecule has 24 heavy (non-hydrogen) atoms. The van der Waals surface area contributed by atoms with E-state index in [1.165, 1.54) is 0 Å². The van der Waals surface area contributed by atoms with Crippen molar-refractivity contribution in [3.05, 3.63) is 41.1 Å². The standard InChI is InChI=1S/C15H17N7OS/c23-15(19-14-1-3-16-13-2-4-18-22(13)14)21-7-5-20(6-8-21)9-12-10-24-11-17-12/h1-4,10-11H,5-9H2,(H,19,23). The highest BCUT2D eigenvalue weighted by molar-refractivity contribution is 7.07. The van der Waals surface area contributed by atoms with E-state index in [0.29, 0.717) is 24.6 Å². The summed E-state index contributed by atoms with van der Waals surface area (Å²) in [5.74, 6) is 0.625. The van der Waals surface area contributed by atoms with Gasteiger partial charge >= 0.3 is 6.03 Å². The number of piperazine rings is 1. The molecule has 8 nitrogen and oxygen atoms in total. The summed E-state index contributed by atoms with van der Waals surface area (Å²) in [4.78, 5) is 25.1. The molecule has 1 N–H and O–H groups in total. The van der Waals surface area contributed by atoms with Crippen molar-refractivity contribution in [3.8, 4) is 0 Å². The van der Waals surface area contributed by atoms with Crippen LogP contribution in [0, 0.1) is 0 Å². The van der Waals surface area contributed by atoms with Crippen LogP contribution in [0.25, 0.3) is 5.65 Å². The highest BCUT2D eigenvalue weighted by Gasteiger charge is 2.22. The van der Waals surface area contributed by atoms with E-state index < -0.39 is 0 Å².